The molecule has 1 N–H and O–H groups in total. The summed E-state index contributed by atoms with van der Waals surface area (Å²) in [5.41, 5.74) is 1.49. The molecule has 0 bridgehead atoms. The van der Waals surface area contributed by atoms with Gasteiger partial charge >= 0.3 is 0 Å². The Kier molecular flexibility index (Phi) is 6.61. The van der Waals surface area contributed by atoms with E-state index < -0.39 is 0 Å². The molecule has 0 radical (unpaired) electrons. The average Bonchev–Trinajstić information content (AvgIpc) is 3.02. The predicted molar refractivity (Wildman–Crippen MR) is 115 cm³/mol. The summed E-state index contributed by atoms with van der Waals surface area (Å²) in [5, 5.41) is 3.64. The number of nitrogens with one attached hydrogen (secondary N) is 1. The number of guanidine groups is 1. The lowest BCUT2D eigenvalue weighted by atomic mass is 10.1. The Balaban J connectivity index is 0.00000182. The van der Waals surface area contributed by atoms with Gasteiger partial charge in [-0.3, -0.25) is 9.89 Å². The highest BCUT2D eigenvalue weighted by molar-refractivity contribution is 14.0. The van der Waals surface area contributed by atoms with E-state index in [4.69, 9.17) is 0 Å². The van der Waals surface area contributed by atoms with Crippen LogP contribution in [-0.4, -0.2) is 61.6 Å². The van der Waals surface area contributed by atoms with E-state index in [0.717, 1.165) is 43.5 Å². The lowest BCUT2D eigenvalue weighted by molar-refractivity contribution is 0.249. The summed E-state index contributed by atoms with van der Waals surface area (Å²) < 4.78 is 0. The molecule has 0 aromatic heterocycles. The van der Waals surface area contributed by atoms with Gasteiger partial charge in [0.25, 0.3) is 0 Å². The minimum atomic E-state index is 0. The smallest absolute Gasteiger partial charge is 0.193 e. The van der Waals surface area contributed by atoms with Crippen LogP contribution in [0.5, 0.6) is 0 Å². The lowest BCUT2D eigenvalue weighted by Crippen LogP contribution is -2.43. The van der Waals surface area contributed by atoms with E-state index >= 15 is 0 Å². The van der Waals surface area contributed by atoms with Crippen molar-refractivity contribution >= 4 is 29.9 Å². The fourth-order valence-electron chi connectivity index (χ4n) is 4.48. The largest absolute Gasteiger partial charge is 0.356 e. The number of nitrogens with zero attached hydrogens (tertiary/aromatic N) is 3. The van der Waals surface area contributed by atoms with Crippen LogP contribution in [0.3, 0.4) is 0 Å². The monoisotopic (exact) mass is 454 g/mol. The Morgan fingerprint density at radius 1 is 1.16 bits per heavy atom. The number of rotatable bonds is 4. The van der Waals surface area contributed by atoms with Crippen LogP contribution in [0.25, 0.3) is 0 Å². The first kappa shape index (κ1) is 19.0. The number of hydrogen-bond acceptors (Lipinski definition) is 2. The van der Waals surface area contributed by atoms with Gasteiger partial charge in [-0.1, -0.05) is 30.3 Å². The van der Waals surface area contributed by atoms with Crippen LogP contribution in [0.4, 0.5) is 0 Å². The summed E-state index contributed by atoms with van der Waals surface area (Å²) in [7, 11) is 1.92. The maximum absolute atomic E-state index is 4.54. The third-order valence-electron chi connectivity index (χ3n) is 6.00. The molecule has 3 atom stereocenters. The molecule has 4 rings (SSSR count). The van der Waals surface area contributed by atoms with Gasteiger partial charge in [0.1, 0.15) is 0 Å². The van der Waals surface area contributed by atoms with Crippen LogP contribution in [0, 0.1) is 5.92 Å². The van der Waals surface area contributed by atoms with Gasteiger partial charge in [-0.25, -0.2) is 0 Å². The molecule has 5 heteroatoms. The van der Waals surface area contributed by atoms with E-state index in [9.17, 15) is 0 Å². The van der Waals surface area contributed by atoms with Crippen molar-refractivity contribution in [3.8, 4) is 0 Å². The van der Waals surface area contributed by atoms with Crippen LogP contribution in [0.15, 0.2) is 35.3 Å². The van der Waals surface area contributed by atoms with Crippen molar-refractivity contribution in [3.05, 3.63) is 35.9 Å². The molecular weight excluding hydrogens is 423 g/mol. The number of aliphatic imine (C=N–C) groups is 1. The van der Waals surface area contributed by atoms with E-state index in [-0.39, 0.29) is 24.0 Å². The highest BCUT2D eigenvalue weighted by Crippen LogP contribution is 2.46. The average molecular weight is 454 g/mol. The summed E-state index contributed by atoms with van der Waals surface area (Å²) >= 11 is 0. The second-order valence-corrected chi connectivity index (χ2v) is 7.57. The van der Waals surface area contributed by atoms with Crippen LogP contribution < -0.4 is 5.32 Å². The topological polar surface area (TPSA) is 30.9 Å². The van der Waals surface area contributed by atoms with Crippen LogP contribution >= 0.6 is 24.0 Å². The minimum absolute atomic E-state index is 0. The molecule has 3 fully saturated rings. The van der Waals surface area contributed by atoms with Gasteiger partial charge in [-0.05, 0) is 56.2 Å². The van der Waals surface area contributed by atoms with Crippen LogP contribution in [0.2, 0.25) is 0 Å². The highest BCUT2D eigenvalue weighted by Gasteiger charge is 2.38. The molecule has 2 heterocycles. The molecule has 0 amide bonds. The van der Waals surface area contributed by atoms with Gasteiger partial charge in [0, 0.05) is 32.7 Å². The number of hydrogen-bond donors (Lipinski definition) is 1. The fraction of sp³-hybridized carbons (Fsp3) is 0.650. The Morgan fingerprint density at radius 2 is 1.92 bits per heavy atom. The molecule has 4 nitrogen and oxygen atoms in total. The first-order chi connectivity index (χ1) is 11.8. The molecule has 3 aliphatic rings. The number of halogens is 1. The first-order valence-electron chi connectivity index (χ1n) is 9.60. The van der Waals surface area contributed by atoms with Crippen molar-refractivity contribution in [2.75, 3.05) is 39.8 Å². The minimum Gasteiger partial charge on any atom is -0.356 e. The first-order valence-corrected chi connectivity index (χ1v) is 9.60. The van der Waals surface area contributed by atoms with Crippen LogP contribution in [0.1, 0.15) is 37.2 Å². The summed E-state index contributed by atoms with van der Waals surface area (Å²) in [6, 6.07) is 11.7. The third-order valence-corrected chi connectivity index (χ3v) is 6.00. The summed E-state index contributed by atoms with van der Waals surface area (Å²) in [4.78, 5) is 9.68. The summed E-state index contributed by atoms with van der Waals surface area (Å²) in [6.07, 6.45) is 5.36. The van der Waals surface area contributed by atoms with E-state index in [1.807, 2.05) is 7.05 Å². The Labute approximate surface area is 169 Å². The van der Waals surface area contributed by atoms with Gasteiger partial charge in [0.15, 0.2) is 5.96 Å². The van der Waals surface area contributed by atoms with Gasteiger partial charge in [-0.2, -0.15) is 0 Å². The molecule has 3 unspecified atom stereocenters. The van der Waals surface area contributed by atoms with Gasteiger partial charge < -0.3 is 10.2 Å². The molecular formula is C20H31IN4. The van der Waals surface area contributed by atoms with Crippen molar-refractivity contribution in [1.82, 2.24) is 15.1 Å². The molecule has 1 aromatic rings. The van der Waals surface area contributed by atoms with Gasteiger partial charge in [-0.15, -0.1) is 24.0 Å². The highest BCUT2D eigenvalue weighted by atomic mass is 127. The molecule has 1 aliphatic carbocycles. The second kappa shape index (κ2) is 8.71. The maximum Gasteiger partial charge on any atom is 0.193 e. The van der Waals surface area contributed by atoms with Crippen molar-refractivity contribution in [2.45, 2.75) is 37.6 Å². The fourth-order valence-corrected chi connectivity index (χ4v) is 4.48. The third kappa shape index (κ3) is 4.48. The predicted octanol–water partition coefficient (Wildman–Crippen LogP) is 3.15. The van der Waals surface area contributed by atoms with Crippen molar-refractivity contribution in [3.63, 3.8) is 0 Å². The van der Waals surface area contributed by atoms with E-state index in [0.29, 0.717) is 0 Å². The quantitative estimate of drug-likeness (QED) is 0.431. The number of likely N-dealkylation sites (tertiary alicyclic amines) is 2. The van der Waals surface area contributed by atoms with Crippen molar-refractivity contribution in [2.24, 2.45) is 10.9 Å². The standard InChI is InChI=1S/C20H30N4.HI/c1-21-20(24-12-9-18(15-24)23-10-5-6-11-23)22-14-17-13-19(17)16-7-3-2-4-8-16;/h2-4,7-8,17-19H,5-6,9-15H2,1H3,(H,21,22);1H. The van der Waals surface area contributed by atoms with E-state index in [2.05, 4.69) is 50.4 Å². The molecule has 2 aliphatic heterocycles. The Bertz CT molecular complexity index is 570. The summed E-state index contributed by atoms with van der Waals surface area (Å²) in [6.45, 7) is 5.94. The molecule has 1 aromatic carbocycles. The van der Waals surface area contributed by atoms with Gasteiger partial charge in [0.05, 0.1) is 0 Å². The Morgan fingerprint density at radius 3 is 2.64 bits per heavy atom. The zero-order chi connectivity index (χ0) is 16.4. The SMILES string of the molecule is CN=C(NCC1CC1c1ccccc1)N1CCC(N2CCCC2)C1.I. The van der Waals surface area contributed by atoms with E-state index in [1.54, 1.807) is 0 Å². The normalized spacial score (nSPS) is 29.6. The Hall–Kier alpha value is -0.820. The molecule has 138 valence electrons. The number of benzene rings is 1. The molecule has 1 saturated carbocycles. The second-order valence-electron chi connectivity index (χ2n) is 7.57. The van der Waals surface area contributed by atoms with Crippen molar-refractivity contribution in [1.29, 1.82) is 0 Å². The van der Waals surface area contributed by atoms with E-state index in [1.165, 1.54) is 44.3 Å². The van der Waals surface area contributed by atoms with Gasteiger partial charge in [0.2, 0.25) is 0 Å². The lowest BCUT2D eigenvalue weighted by Gasteiger charge is -2.25. The molecule has 0 spiro atoms. The summed E-state index contributed by atoms with van der Waals surface area (Å²) in [5.74, 6) is 2.62. The molecule has 2 saturated heterocycles. The zero-order valence-corrected chi connectivity index (χ0v) is 17.6. The van der Waals surface area contributed by atoms with Crippen LogP contribution in [-0.2, 0) is 0 Å². The zero-order valence-electron chi connectivity index (χ0n) is 15.2. The maximum atomic E-state index is 4.54. The molecule has 25 heavy (non-hydrogen) atoms. The van der Waals surface area contributed by atoms with Crippen molar-refractivity contribution < 1.29 is 0 Å².